The number of ether oxygens (including phenoxy) is 1. The zero-order valence-corrected chi connectivity index (χ0v) is 12.8. The Bertz CT molecular complexity index is 467. The predicted molar refractivity (Wildman–Crippen MR) is 76.8 cm³/mol. The molecule has 0 radical (unpaired) electrons. The molecule has 1 saturated heterocycles. The van der Waals surface area contributed by atoms with E-state index in [1.807, 2.05) is 0 Å². The van der Waals surface area contributed by atoms with Crippen molar-refractivity contribution >= 4 is 23.4 Å². The van der Waals surface area contributed by atoms with Crippen molar-refractivity contribution in [3.05, 3.63) is 22.8 Å². The van der Waals surface area contributed by atoms with Crippen molar-refractivity contribution < 1.29 is 17.9 Å². The van der Waals surface area contributed by atoms with Crippen LogP contribution in [0.3, 0.4) is 0 Å². The molecule has 0 spiro atoms. The van der Waals surface area contributed by atoms with E-state index >= 15 is 0 Å². The van der Waals surface area contributed by atoms with Crippen LogP contribution in [0.4, 0.5) is 13.2 Å². The average molecular weight is 341 g/mol. The zero-order chi connectivity index (χ0) is 15.3. The molecule has 0 aliphatic carbocycles. The first-order valence-corrected chi connectivity index (χ1v) is 8.01. The van der Waals surface area contributed by atoms with E-state index in [4.69, 9.17) is 16.3 Å². The highest BCUT2D eigenvalue weighted by atomic mass is 35.5. The molecule has 8 heteroatoms. The van der Waals surface area contributed by atoms with E-state index in [9.17, 15) is 13.2 Å². The van der Waals surface area contributed by atoms with Crippen LogP contribution in [0.1, 0.15) is 18.4 Å². The van der Waals surface area contributed by atoms with Crippen molar-refractivity contribution in [2.45, 2.75) is 30.1 Å². The molecule has 1 unspecified atom stereocenters. The van der Waals surface area contributed by atoms with Gasteiger partial charge in [-0.2, -0.15) is 13.2 Å². The molecule has 1 aromatic heterocycles. The van der Waals surface area contributed by atoms with Crippen LogP contribution in [0.2, 0.25) is 5.02 Å². The molecule has 2 heterocycles. The summed E-state index contributed by atoms with van der Waals surface area (Å²) in [6, 6.07) is 0.913. The van der Waals surface area contributed by atoms with E-state index in [0.29, 0.717) is 10.8 Å². The minimum absolute atomic E-state index is 0.0361. The normalized spacial score (nSPS) is 19.1. The van der Waals surface area contributed by atoms with Crippen LogP contribution >= 0.6 is 23.4 Å². The molecule has 21 heavy (non-hydrogen) atoms. The van der Waals surface area contributed by atoms with E-state index in [-0.39, 0.29) is 11.1 Å². The van der Waals surface area contributed by atoms with Gasteiger partial charge >= 0.3 is 6.18 Å². The van der Waals surface area contributed by atoms with Crippen LogP contribution in [0.15, 0.2) is 17.3 Å². The molecule has 0 bridgehead atoms. The number of alkyl halides is 3. The van der Waals surface area contributed by atoms with Crippen molar-refractivity contribution in [1.82, 2.24) is 10.3 Å². The van der Waals surface area contributed by atoms with Gasteiger partial charge in [0.15, 0.2) is 0 Å². The summed E-state index contributed by atoms with van der Waals surface area (Å²) in [5.41, 5.74) is -0.826. The second-order valence-corrected chi connectivity index (χ2v) is 6.19. The summed E-state index contributed by atoms with van der Waals surface area (Å²) < 4.78 is 42.9. The van der Waals surface area contributed by atoms with Crippen LogP contribution in [0.5, 0.6) is 0 Å². The van der Waals surface area contributed by atoms with Crippen LogP contribution < -0.4 is 5.32 Å². The Morgan fingerprint density at radius 1 is 1.48 bits per heavy atom. The number of thioether (sulfide) groups is 1. The number of nitrogens with zero attached hydrogens (tertiary/aromatic N) is 1. The number of hydrogen-bond donors (Lipinski definition) is 1. The summed E-state index contributed by atoms with van der Waals surface area (Å²) in [7, 11) is 0. The van der Waals surface area contributed by atoms with Crippen LogP contribution in [0.25, 0.3) is 0 Å². The SMILES string of the molecule is FC(F)(F)c1cnc(SCCNCC2CCCO2)c(Cl)c1. The Labute approximate surface area is 130 Å². The summed E-state index contributed by atoms with van der Waals surface area (Å²) in [5.74, 6) is 0.685. The second-order valence-electron chi connectivity index (χ2n) is 4.70. The minimum Gasteiger partial charge on any atom is -0.377 e. The molecule has 1 aliphatic heterocycles. The fourth-order valence-electron chi connectivity index (χ4n) is 1.97. The standard InChI is InChI=1S/C13H16ClF3N2OS/c14-11-6-9(13(15,16)17)7-19-12(11)21-5-3-18-8-10-2-1-4-20-10/h6-7,10,18H,1-5,8H2. The van der Waals surface area contributed by atoms with Crippen molar-refractivity contribution in [3.8, 4) is 0 Å². The lowest BCUT2D eigenvalue weighted by Gasteiger charge is -2.11. The third kappa shape index (κ3) is 5.32. The highest BCUT2D eigenvalue weighted by Crippen LogP contribution is 2.33. The number of nitrogens with one attached hydrogen (secondary N) is 1. The van der Waals surface area contributed by atoms with Gasteiger partial charge in [-0.05, 0) is 18.9 Å². The van der Waals surface area contributed by atoms with Gasteiger partial charge in [-0.15, -0.1) is 11.8 Å². The quantitative estimate of drug-likeness (QED) is 0.633. The summed E-state index contributed by atoms with van der Waals surface area (Å²) in [6.45, 7) is 2.35. The Hall–Kier alpha value is -0.500. The summed E-state index contributed by atoms with van der Waals surface area (Å²) >= 11 is 7.16. The average Bonchev–Trinajstić information content (AvgIpc) is 2.92. The molecule has 1 aromatic rings. The van der Waals surface area contributed by atoms with Gasteiger partial charge in [0.2, 0.25) is 0 Å². The maximum atomic E-state index is 12.5. The Morgan fingerprint density at radius 2 is 2.29 bits per heavy atom. The lowest BCUT2D eigenvalue weighted by Crippen LogP contribution is -2.27. The van der Waals surface area contributed by atoms with Gasteiger partial charge < -0.3 is 10.1 Å². The first-order chi connectivity index (χ1) is 9.97. The van der Waals surface area contributed by atoms with Gasteiger partial charge in [-0.1, -0.05) is 11.6 Å². The molecular weight excluding hydrogens is 325 g/mol. The van der Waals surface area contributed by atoms with Gasteiger partial charge in [0.05, 0.1) is 16.7 Å². The third-order valence-corrected chi connectivity index (χ3v) is 4.46. The lowest BCUT2D eigenvalue weighted by molar-refractivity contribution is -0.137. The molecule has 0 aromatic carbocycles. The molecular formula is C13H16ClF3N2OS. The fourth-order valence-corrected chi connectivity index (χ4v) is 3.07. The van der Waals surface area contributed by atoms with Gasteiger partial charge in [0.25, 0.3) is 0 Å². The van der Waals surface area contributed by atoms with E-state index in [1.54, 1.807) is 0 Å². The second kappa shape index (κ2) is 7.67. The maximum Gasteiger partial charge on any atom is 0.417 e. The molecule has 2 rings (SSSR count). The summed E-state index contributed by atoms with van der Waals surface area (Å²) in [5, 5.41) is 3.71. The molecule has 1 atom stereocenters. The Morgan fingerprint density at radius 3 is 2.90 bits per heavy atom. The molecule has 1 fully saturated rings. The van der Waals surface area contributed by atoms with Gasteiger partial charge in [0, 0.05) is 31.6 Å². The highest BCUT2D eigenvalue weighted by Gasteiger charge is 2.31. The van der Waals surface area contributed by atoms with Crippen molar-refractivity contribution in [3.63, 3.8) is 0 Å². The molecule has 1 aliphatic rings. The van der Waals surface area contributed by atoms with Crippen LogP contribution in [0, 0.1) is 0 Å². The molecule has 1 N–H and O–H groups in total. The monoisotopic (exact) mass is 340 g/mol. The summed E-state index contributed by atoms with van der Waals surface area (Å²) in [4.78, 5) is 3.78. The van der Waals surface area contributed by atoms with E-state index in [0.717, 1.165) is 44.8 Å². The van der Waals surface area contributed by atoms with E-state index < -0.39 is 11.7 Å². The molecule has 0 saturated carbocycles. The number of halogens is 4. The number of aromatic nitrogens is 1. The number of hydrogen-bond acceptors (Lipinski definition) is 4. The fraction of sp³-hybridized carbons (Fsp3) is 0.615. The van der Waals surface area contributed by atoms with Crippen LogP contribution in [-0.2, 0) is 10.9 Å². The molecule has 0 amide bonds. The minimum atomic E-state index is -4.41. The van der Waals surface area contributed by atoms with Crippen molar-refractivity contribution in [2.24, 2.45) is 0 Å². The smallest absolute Gasteiger partial charge is 0.377 e. The maximum absolute atomic E-state index is 12.5. The van der Waals surface area contributed by atoms with Gasteiger partial charge in [-0.3, -0.25) is 0 Å². The third-order valence-electron chi connectivity index (χ3n) is 3.05. The first kappa shape index (κ1) is 16.9. The van der Waals surface area contributed by atoms with Crippen LogP contribution in [-0.4, -0.2) is 36.5 Å². The largest absolute Gasteiger partial charge is 0.417 e. The van der Waals surface area contributed by atoms with Gasteiger partial charge in [0.1, 0.15) is 5.03 Å². The number of rotatable bonds is 6. The zero-order valence-electron chi connectivity index (χ0n) is 11.3. The first-order valence-electron chi connectivity index (χ1n) is 6.64. The van der Waals surface area contributed by atoms with Crippen molar-refractivity contribution in [2.75, 3.05) is 25.4 Å². The topological polar surface area (TPSA) is 34.2 Å². The van der Waals surface area contributed by atoms with Crippen molar-refractivity contribution in [1.29, 1.82) is 0 Å². The lowest BCUT2D eigenvalue weighted by atomic mass is 10.2. The summed E-state index contributed by atoms with van der Waals surface area (Å²) in [6.07, 6.45) is -1.14. The number of pyridine rings is 1. The van der Waals surface area contributed by atoms with E-state index in [1.165, 1.54) is 11.8 Å². The molecule has 3 nitrogen and oxygen atoms in total. The highest BCUT2D eigenvalue weighted by molar-refractivity contribution is 7.99. The molecule has 118 valence electrons. The van der Waals surface area contributed by atoms with E-state index in [2.05, 4.69) is 10.3 Å². The predicted octanol–water partition coefficient (Wildman–Crippen LogP) is 3.61. The van der Waals surface area contributed by atoms with Gasteiger partial charge in [-0.25, -0.2) is 4.98 Å². The Balaban J connectivity index is 1.73. The Kier molecular flexibility index (Phi) is 6.16.